The first-order valence-electron chi connectivity index (χ1n) is 10.4. The molecule has 2 N–H and O–H groups in total. The number of hydrogen-bond donors (Lipinski definition) is 2. The van der Waals surface area contributed by atoms with E-state index < -0.39 is 0 Å². The number of carbonyl (C=O) groups excluding carboxylic acids is 1. The number of amides is 2. The summed E-state index contributed by atoms with van der Waals surface area (Å²) in [5.41, 5.74) is 8.32. The van der Waals surface area contributed by atoms with Gasteiger partial charge in [0.25, 0.3) is 0 Å². The molecule has 0 saturated heterocycles. The van der Waals surface area contributed by atoms with E-state index in [1.54, 1.807) is 6.21 Å². The van der Waals surface area contributed by atoms with Crippen LogP contribution in [0.3, 0.4) is 0 Å². The summed E-state index contributed by atoms with van der Waals surface area (Å²) in [4.78, 5) is 14.6. The standard InChI is InChI=1S/C24H32N4O/c1-6-12-28-22-13-17(2)19(14-21(22)18(3)15-24(28,4)5)16-25-27-23(29)26-20-10-8-7-9-11-20/h7-11,13-14,16,18H,6,12,15H2,1-5H3,(H2,26,27,29)/b25-16+. The molecule has 2 amide bonds. The van der Waals surface area contributed by atoms with Gasteiger partial charge in [0.15, 0.2) is 0 Å². The number of fused-ring (bicyclic) bond motifs is 1. The minimum atomic E-state index is -0.354. The predicted molar refractivity (Wildman–Crippen MR) is 122 cm³/mol. The minimum absolute atomic E-state index is 0.154. The molecule has 154 valence electrons. The second-order valence-electron chi connectivity index (χ2n) is 8.53. The normalized spacial score (nSPS) is 17.8. The lowest BCUT2D eigenvalue weighted by Crippen LogP contribution is -2.48. The number of para-hydroxylation sites is 1. The zero-order valence-corrected chi connectivity index (χ0v) is 18.1. The molecule has 0 saturated carbocycles. The second kappa shape index (κ2) is 8.68. The zero-order valence-electron chi connectivity index (χ0n) is 18.1. The Morgan fingerprint density at radius 1 is 1.28 bits per heavy atom. The first-order valence-corrected chi connectivity index (χ1v) is 10.4. The first kappa shape index (κ1) is 20.9. The van der Waals surface area contributed by atoms with Gasteiger partial charge in [-0.05, 0) is 80.5 Å². The molecule has 0 radical (unpaired) electrons. The molecule has 0 bridgehead atoms. The van der Waals surface area contributed by atoms with Gasteiger partial charge in [0.1, 0.15) is 0 Å². The summed E-state index contributed by atoms with van der Waals surface area (Å²) in [7, 11) is 0. The summed E-state index contributed by atoms with van der Waals surface area (Å²) in [5, 5.41) is 6.91. The molecular weight excluding hydrogens is 360 g/mol. The van der Waals surface area contributed by atoms with Crippen molar-refractivity contribution in [3.8, 4) is 0 Å². The highest BCUT2D eigenvalue weighted by Crippen LogP contribution is 2.44. The number of hydrazone groups is 1. The average Bonchev–Trinajstić information content (AvgIpc) is 2.66. The summed E-state index contributed by atoms with van der Waals surface area (Å²) in [5.74, 6) is 0.482. The minimum Gasteiger partial charge on any atom is -0.366 e. The fraction of sp³-hybridized carbons (Fsp3) is 0.417. The predicted octanol–water partition coefficient (Wildman–Crippen LogP) is 5.65. The smallest absolute Gasteiger partial charge is 0.339 e. The number of benzene rings is 2. The Morgan fingerprint density at radius 2 is 2.00 bits per heavy atom. The fourth-order valence-corrected chi connectivity index (χ4v) is 4.28. The number of aryl methyl sites for hydroxylation is 1. The van der Waals surface area contributed by atoms with Crippen molar-refractivity contribution < 1.29 is 4.79 Å². The third-order valence-corrected chi connectivity index (χ3v) is 5.62. The quantitative estimate of drug-likeness (QED) is 0.510. The maximum atomic E-state index is 12.0. The van der Waals surface area contributed by atoms with Gasteiger partial charge in [0.2, 0.25) is 0 Å². The van der Waals surface area contributed by atoms with Crippen molar-refractivity contribution in [3.63, 3.8) is 0 Å². The van der Waals surface area contributed by atoms with E-state index in [9.17, 15) is 4.79 Å². The number of hydrogen-bond acceptors (Lipinski definition) is 3. The van der Waals surface area contributed by atoms with Crippen LogP contribution in [0.25, 0.3) is 0 Å². The monoisotopic (exact) mass is 392 g/mol. The van der Waals surface area contributed by atoms with Crippen LogP contribution in [-0.2, 0) is 0 Å². The maximum Gasteiger partial charge on any atom is 0.339 e. The summed E-state index contributed by atoms with van der Waals surface area (Å²) < 4.78 is 0. The molecule has 3 rings (SSSR count). The van der Waals surface area contributed by atoms with E-state index >= 15 is 0 Å². The van der Waals surface area contributed by atoms with Crippen LogP contribution >= 0.6 is 0 Å². The van der Waals surface area contributed by atoms with Gasteiger partial charge in [-0.1, -0.05) is 32.0 Å². The molecule has 0 spiro atoms. The van der Waals surface area contributed by atoms with Crippen LogP contribution in [0.4, 0.5) is 16.2 Å². The van der Waals surface area contributed by atoms with Gasteiger partial charge in [0, 0.05) is 23.5 Å². The highest BCUT2D eigenvalue weighted by molar-refractivity contribution is 5.91. The molecule has 29 heavy (non-hydrogen) atoms. The molecule has 2 aromatic rings. The van der Waals surface area contributed by atoms with Crippen LogP contribution in [0.15, 0.2) is 47.6 Å². The highest BCUT2D eigenvalue weighted by Gasteiger charge is 2.36. The summed E-state index contributed by atoms with van der Waals surface area (Å²) in [6.07, 6.45) is 3.98. The number of anilines is 2. The lowest BCUT2D eigenvalue weighted by atomic mass is 9.79. The summed E-state index contributed by atoms with van der Waals surface area (Å²) >= 11 is 0. The van der Waals surface area contributed by atoms with Crippen molar-refractivity contribution in [2.24, 2.45) is 5.10 Å². The Bertz CT molecular complexity index is 889. The van der Waals surface area contributed by atoms with Crippen molar-refractivity contribution in [1.82, 2.24) is 5.43 Å². The fourth-order valence-electron chi connectivity index (χ4n) is 4.28. The van der Waals surface area contributed by atoms with Gasteiger partial charge in [0.05, 0.1) is 6.21 Å². The largest absolute Gasteiger partial charge is 0.366 e. The van der Waals surface area contributed by atoms with Gasteiger partial charge in [-0.3, -0.25) is 0 Å². The third kappa shape index (κ3) is 4.78. The van der Waals surface area contributed by atoms with E-state index in [-0.39, 0.29) is 11.6 Å². The van der Waals surface area contributed by atoms with Crippen LogP contribution in [-0.4, -0.2) is 24.3 Å². The third-order valence-electron chi connectivity index (χ3n) is 5.62. The molecule has 5 nitrogen and oxygen atoms in total. The van der Waals surface area contributed by atoms with Crippen LogP contribution < -0.4 is 15.6 Å². The lowest BCUT2D eigenvalue weighted by Gasteiger charge is -2.48. The summed E-state index contributed by atoms with van der Waals surface area (Å²) in [6, 6.07) is 13.5. The summed E-state index contributed by atoms with van der Waals surface area (Å²) in [6.45, 7) is 12.4. The Hall–Kier alpha value is -2.82. The first-order chi connectivity index (χ1) is 13.8. The SMILES string of the molecule is CCCN1c2cc(C)c(/C=N/NC(=O)Nc3ccccc3)cc2C(C)CC1(C)C. The van der Waals surface area contributed by atoms with Gasteiger partial charge in [-0.15, -0.1) is 0 Å². The second-order valence-corrected chi connectivity index (χ2v) is 8.53. The van der Waals surface area contributed by atoms with Gasteiger partial charge >= 0.3 is 6.03 Å². The molecule has 0 fully saturated rings. The molecule has 1 aliphatic rings. The molecule has 1 heterocycles. The Labute approximate surface area is 174 Å². The molecular formula is C24H32N4O. The lowest BCUT2D eigenvalue weighted by molar-refractivity contribution is 0.252. The van der Waals surface area contributed by atoms with Gasteiger partial charge < -0.3 is 10.2 Å². The number of nitrogens with zero attached hydrogens (tertiary/aromatic N) is 2. The van der Waals surface area contributed by atoms with Gasteiger partial charge in [-0.25, -0.2) is 10.2 Å². The molecule has 2 aromatic carbocycles. The molecule has 0 aliphatic carbocycles. The van der Waals surface area contributed by atoms with Gasteiger partial charge in [-0.2, -0.15) is 5.10 Å². The molecule has 1 atom stereocenters. The van der Waals surface area contributed by atoms with Crippen molar-refractivity contribution in [3.05, 3.63) is 59.2 Å². The van der Waals surface area contributed by atoms with Crippen LogP contribution in [0.5, 0.6) is 0 Å². The average molecular weight is 393 g/mol. The number of rotatable bonds is 5. The van der Waals surface area contributed by atoms with E-state index in [1.807, 2.05) is 30.3 Å². The Morgan fingerprint density at radius 3 is 2.69 bits per heavy atom. The highest BCUT2D eigenvalue weighted by atomic mass is 16.2. The topological polar surface area (TPSA) is 56.7 Å². The van der Waals surface area contributed by atoms with E-state index in [0.29, 0.717) is 5.92 Å². The maximum absolute atomic E-state index is 12.0. The molecule has 5 heteroatoms. The van der Waals surface area contributed by atoms with E-state index in [2.05, 4.69) is 67.5 Å². The van der Waals surface area contributed by atoms with Crippen molar-refractivity contribution >= 4 is 23.6 Å². The van der Waals surface area contributed by atoms with Crippen molar-refractivity contribution in [2.45, 2.75) is 58.9 Å². The Balaban J connectivity index is 1.77. The molecule has 1 aliphatic heterocycles. The van der Waals surface area contributed by atoms with E-state index in [4.69, 9.17) is 0 Å². The number of nitrogens with one attached hydrogen (secondary N) is 2. The number of carbonyl (C=O) groups is 1. The van der Waals surface area contributed by atoms with E-state index in [0.717, 1.165) is 36.2 Å². The van der Waals surface area contributed by atoms with Crippen molar-refractivity contribution in [2.75, 3.05) is 16.8 Å². The molecule has 1 unspecified atom stereocenters. The van der Waals surface area contributed by atoms with Crippen molar-refractivity contribution in [1.29, 1.82) is 0 Å². The Kier molecular flexibility index (Phi) is 6.26. The molecule has 0 aromatic heterocycles. The van der Waals surface area contributed by atoms with Crippen LogP contribution in [0, 0.1) is 6.92 Å². The van der Waals surface area contributed by atoms with Crippen LogP contribution in [0.1, 0.15) is 63.1 Å². The van der Waals surface area contributed by atoms with Crippen LogP contribution in [0.2, 0.25) is 0 Å². The zero-order chi connectivity index (χ0) is 21.0. The van der Waals surface area contributed by atoms with E-state index in [1.165, 1.54) is 11.3 Å². The number of urea groups is 1.